The van der Waals surface area contributed by atoms with Crippen molar-refractivity contribution < 1.29 is 58.7 Å². The molecule has 2 fully saturated rings. The Labute approximate surface area is 331 Å². The minimum Gasteiger partial charge on any atom is -0.508 e. The van der Waals surface area contributed by atoms with E-state index in [2.05, 4.69) is 5.32 Å². The van der Waals surface area contributed by atoms with Gasteiger partial charge in [0.15, 0.2) is 11.4 Å². The summed E-state index contributed by atoms with van der Waals surface area (Å²) in [7, 11) is 6.42. The molecule has 3 amide bonds. The molecule has 312 valence electrons. The van der Waals surface area contributed by atoms with Crippen LogP contribution in [0.4, 0.5) is 16.2 Å². The first-order valence-corrected chi connectivity index (χ1v) is 19.2. The Balaban J connectivity index is 1.39. The average Bonchev–Trinajstić information content (AvgIpc) is 3.11. The molecule has 1 aromatic carbocycles. The van der Waals surface area contributed by atoms with Gasteiger partial charge < -0.3 is 45.9 Å². The molecule has 4 aliphatic carbocycles. The summed E-state index contributed by atoms with van der Waals surface area (Å²) >= 11 is 0. The van der Waals surface area contributed by atoms with E-state index in [4.69, 9.17) is 15.2 Å². The lowest BCUT2D eigenvalue weighted by atomic mass is 9.57. The minimum atomic E-state index is -2.81. The maximum Gasteiger partial charge on any atom is 0.413 e. The molecule has 5 rings (SSSR count). The van der Waals surface area contributed by atoms with Crippen molar-refractivity contribution in [2.75, 3.05) is 51.7 Å². The Morgan fingerprint density at radius 3 is 2.23 bits per heavy atom. The van der Waals surface area contributed by atoms with E-state index in [1.54, 1.807) is 39.8 Å². The van der Waals surface area contributed by atoms with Crippen molar-refractivity contribution in [2.45, 2.75) is 95.7 Å². The zero-order chi connectivity index (χ0) is 42.3. The molecule has 0 heterocycles. The SMILES string of the molecule is CN(C)c1cc(NC(=O)CN(C(=O)OCOC(=O)CCC2CCCCC2)C(C)(C)C)c(O)c2c1C[C@H]1C[C@H]3[C@H](N(C)C)C(=O)C(C(N)=O)=C(O)[C@@]3(O)C(=O)C1=C2O. The normalized spacial score (nSPS) is 23.7. The molecule has 2 saturated carbocycles. The number of nitrogens with one attached hydrogen (secondary N) is 1. The summed E-state index contributed by atoms with van der Waals surface area (Å²) in [6.07, 6.45) is 5.61. The number of carbonyl (C=O) groups excluding carboxylic acids is 6. The molecule has 0 radical (unpaired) electrons. The van der Waals surface area contributed by atoms with Crippen molar-refractivity contribution in [1.29, 1.82) is 0 Å². The van der Waals surface area contributed by atoms with Crippen molar-refractivity contribution >= 4 is 52.6 Å². The second-order valence-electron chi connectivity index (χ2n) is 16.9. The maximum absolute atomic E-state index is 14.3. The van der Waals surface area contributed by atoms with E-state index < -0.39 is 101 Å². The van der Waals surface area contributed by atoms with Crippen LogP contribution in [-0.2, 0) is 39.9 Å². The number of anilines is 2. The van der Waals surface area contributed by atoms with Crippen LogP contribution in [0.15, 0.2) is 23.0 Å². The number of amides is 3. The average molecular weight is 798 g/mol. The number of ether oxygens (including phenoxy) is 2. The molecule has 4 atom stereocenters. The number of aromatic hydroxyl groups is 1. The van der Waals surface area contributed by atoms with Gasteiger partial charge in [0.1, 0.15) is 29.4 Å². The first kappa shape index (κ1) is 43.0. The van der Waals surface area contributed by atoms with Gasteiger partial charge in [-0.2, -0.15) is 0 Å². The molecule has 0 aromatic heterocycles. The van der Waals surface area contributed by atoms with Crippen LogP contribution in [0.5, 0.6) is 5.75 Å². The molecule has 0 aliphatic heterocycles. The fraction of sp³-hybridized carbons (Fsp3) is 0.600. The molecule has 0 saturated heterocycles. The Kier molecular flexibility index (Phi) is 12.3. The topological polar surface area (TPSA) is 250 Å². The number of nitrogens with two attached hydrogens (primary N) is 1. The number of Topliss-reactive ketones (excluding diaryl/α,β-unsaturated/α-hetero) is 2. The summed E-state index contributed by atoms with van der Waals surface area (Å²) in [6.45, 7) is 3.80. The highest BCUT2D eigenvalue weighted by Gasteiger charge is 2.64. The Bertz CT molecular complexity index is 1910. The van der Waals surface area contributed by atoms with Gasteiger partial charge in [0.25, 0.3) is 5.91 Å². The maximum atomic E-state index is 14.3. The van der Waals surface area contributed by atoms with Crippen LogP contribution in [-0.4, -0.2) is 124 Å². The second-order valence-corrected chi connectivity index (χ2v) is 16.9. The predicted octanol–water partition coefficient (Wildman–Crippen LogP) is 3.07. The molecule has 0 unspecified atom stereocenters. The number of hydrogen-bond acceptors (Lipinski definition) is 14. The molecular weight excluding hydrogens is 742 g/mol. The van der Waals surface area contributed by atoms with Gasteiger partial charge in [0.05, 0.1) is 17.3 Å². The van der Waals surface area contributed by atoms with Gasteiger partial charge in [0.2, 0.25) is 18.5 Å². The van der Waals surface area contributed by atoms with Gasteiger partial charge in [-0.25, -0.2) is 4.79 Å². The van der Waals surface area contributed by atoms with Crippen LogP contribution in [0.2, 0.25) is 0 Å². The fourth-order valence-electron chi connectivity index (χ4n) is 8.79. The molecule has 1 aromatic rings. The highest BCUT2D eigenvalue weighted by atomic mass is 16.7. The standard InChI is InChI=1S/C40H55N5O12/c1-39(2,3)45(38(54)57-19-56-27(47)14-13-20-11-9-8-10-12-20)18-26(46)42-24-17-25(43(4)5)22-15-21-16-23-31(44(6)7)34(50)30(37(41)53)36(52)40(23,55)35(51)28(21)33(49)29(22)32(24)48/h17,20-21,23,31,48-49,52,55H,8-16,18-19H2,1-7H3,(H2,41,53)(H,42,46)/t21-,23-,31-,40-/m0/s1. The van der Waals surface area contributed by atoms with Crippen LogP contribution in [0.3, 0.4) is 0 Å². The number of rotatable bonds is 11. The van der Waals surface area contributed by atoms with E-state index in [-0.39, 0.29) is 36.1 Å². The number of aliphatic hydroxyl groups excluding tert-OH is 2. The van der Waals surface area contributed by atoms with Crippen molar-refractivity contribution in [1.82, 2.24) is 9.80 Å². The smallest absolute Gasteiger partial charge is 0.413 e. The Morgan fingerprint density at radius 2 is 1.65 bits per heavy atom. The van der Waals surface area contributed by atoms with Crippen LogP contribution in [0.25, 0.3) is 5.76 Å². The zero-order valence-electron chi connectivity index (χ0n) is 33.6. The van der Waals surface area contributed by atoms with Crippen molar-refractivity contribution in [3.63, 3.8) is 0 Å². The second kappa shape index (κ2) is 16.4. The zero-order valence-corrected chi connectivity index (χ0v) is 33.6. The molecule has 57 heavy (non-hydrogen) atoms. The lowest BCUT2D eigenvalue weighted by Gasteiger charge is -2.50. The summed E-state index contributed by atoms with van der Waals surface area (Å²) in [4.78, 5) is 83.2. The Morgan fingerprint density at radius 1 is 1.00 bits per heavy atom. The number of phenols is 1. The number of esters is 1. The molecule has 4 aliphatic rings. The largest absolute Gasteiger partial charge is 0.508 e. The first-order chi connectivity index (χ1) is 26.6. The lowest BCUT2D eigenvalue weighted by molar-refractivity contribution is -0.154. The molecule has 0 bridgehead atoms. The van der Waals surface area contributed by atoms with E-state index in [0.29, 0.717) is 23.6 Å². The highest BCUT2D eigenvalue weighted by molar-refractivity contribution is 6.24. The number of primary amides is 1. The van der Waals surface area contributed by atoms with Crippen LogP contribution in [0.1, 0.15) is 83.3 Å². The number of phenolic OH excluding ortho intramolecular Hbond substituents is 1. The quantitative estimate of drug-likeness (QED) is 0.0816. The number of ketones is 2. The van der Waals surface area contributed by atoms with Gasteiger partial charge >= 0.3 is 12.1 Å². The minimum absolute atomic E-state index is 0.0403. The molecule has 7 N–H and O–H groups in total. The van der Waals surface area contributed by atoms with Crippen LogP contribution >= 0.6 is 0 Å². The predicted molar refractivity (Wildman–Crippen MR) is 207 cm³/mol. The fourth-order valence-corrected chi connectivity index (χ4v) is 8.79. The van der Waals surface area contributed by atoms with E-state index >= 15 is 0 Å². The van der Waals surface area contributed by atoms with Gasteiger partial charge in [-0.15, -0.1) is 0 Å². The lowest BCUT2D eigenvalue weighted by Crippen LogP contribution is -2.65. The van der Waals surface area contributed by atoms with E-state index in [0.717, 1.165) is 30.6 Å². The number of benzene rings is 1. The summed E-state index contributed by atoms with van der Waals surface area (Å²) in [5, 5.41) is 49.1. The van der Waals surface area contributed by atoms with Crippen molar-refractivity contribution in [3.8, 4) is 5.75 Å². The van der Waals surface area contributed by atoms with Crippen molar-refractivity contribution in [2.24, 2.45) is 23.5 Å². The van der Waals surface area contributed by atoms with Crippen LogP contribution < -0.4 is 16.0 Å². The molecular formula is C40H55N5O12. The summed E-state index contributed by atoms with van der Waals surface area (Å²) < 4.78 is 10.3. The third-order valence-corrected chi connectivity index (χ3v) is 11.7. The molecule has 0 spiro atoms. The molecule has 17 nitrogen and oxygen atoms in total. The number of fused-ring (bicyclic) bond motifs is 3. The number of carbonyl (C=O) groups is 6. The molecule has 17 heteroatoms. The summed E-state index contributed by atoms with van der Waals surface area (Å²) in [6, 6.07) is 0.246. The number of likely N-dealkylation sites (N-methyl/N-ethyl adjacent to an activating group) is 1. The van der Waals surface area contributed by atoms with Gasteiger partial charge in [-0.1, -0.05) is 32.1 Å². The van der Waals surface area contributed by atoms with Gasteiger partial charge in [-0.05, 0) is 77.6 Å². The van der Waals surface area contributed by atoms with Crippen molar-refractivity contribution in [3.05, 3.63) is 34.1 Å². The first-order valence-electron chi connectivity index (χ1n) is 19.2. The van der Waals surface area contributed by atoms with Crippen LogP contribution in [0, 0.1) is 17.8 Å². The highest BCUT2D eigenvalue weighted by Crippen LogP contribution is 2.54. The van der Waals surface area contributed by atoms with Gasteiger partial charge in [-0.3, -0.25) is 33.8 Å². The van der Waals surface area contributed by atoms with E-state index in [9.17, 15) is 49.2 Å². The van der Waals surface area contributed by atoms with E-state index in [1.165, 1.54) is 31.5 Å². The van der Waals surface area contributed by atoms with Gasteiger partial charge in [0, 0.05) is 43.2 Å². The number of hydrogen-bond donors (Lipinski definition) is 6. The Hall–Kier alpha value is -5.16. The number of nitrogens with zero attached hydrogens (tertiary/aromatic N) is 3. The summed E-state index contributed by atoms with van der Waals surface area (Å²) in [5.74, 6) is -8.72. The summed E-state index contributed by atoms with van der Waals surface area (Å²) in [5.41, 5.74) is 0.828. The third-order valence-electron chi connectivity index (χ3n) is 11.7. The number of aliphatic hydroxyl groups is 3. The monoisotopic (exact) mass is 797 g/mol. The van der Waals surface area contributed by atoms with E-state index in [1.807, 2.05) is 0 Å². The third kappa shape index (κ3) is 8.17.